The first-order valence-electron chi connectivity index (χ1n) is 16.1. The fourth-order valence-corrected chi connectivity index (χ4v) is 6.67. The molecule has 7 nitrogen and oxygen atoms in total. The first-order valence-corrected chi connectivity index (χ1v) is 16.9. The van der Waals surface area contributed by atoms with Crippen molar-refractivity contribution < 1.29 is 19.4 Å². The van der Waals surface area contributed by atoms with E-state index in [0.29, 0.717) is 30.1 Å². The van der Waals surface area contributed by atoms with Crippen LogP contribution in [0.5, 0.6) is 5.75 Å². The summed E-state index contributed by atoms with van der Waals surface area (Å²) in [5, 5.41) is 10.4. The lowest BCUT2D eigenvalue weighted by molar-refractivity contribution is -0.152. The molecule has 0 saturated carbocycles. The molecule has 1 N–H and O–H groups in total. The second kappa shape index (κ2) is 14.2. The second-order valence-corrected chi connectivity index (χ2v) is 14.2. The van der Waals surface area contributed by atoms with Crippen molar-refractivity contribution in [2.45, 2.75) is 72.4 Å². The molecule has 0 atom stereocenters. The van der Waals surface area contributed by atoms with Gasteiger partial charge in [-0.3, -0.25) is 9.69 Å². The fraction of sp³-hybridized carbons (Fsp3) is 0.395. The number of carboxylic acid groups (broad SMARTS) is 1. The summed E-state index contributed by atoms with van der Waals surface area (Å²) in [7, 11) is 0. The highest BCUT2D eigenvalue weighted by atomic mass is 32.1. The molecule has 46 heavy (non-hydrogen) atoms. The highest BCUT2D eigenvalue weighted by Gasteiger charge is 2.30. The number of piperazine rings is 1. The maximum absolute atomic E-state index is 13.4. The van der Waals surface area contributed by atoms with Gasteiger partial charge in [0, 0.05) is 60.8 Å². The summed E-state index contributed by atoms with van der Waals surface area (Å²) in [5.41, 5.74) is 5.97. The van der Waals surface area contributed by atoms with E-state index in [9.17, 15) is 14.7 Å². The monoisotopic (exact) mass is 639 g/mol. The van der Waals surface area contributed by atoms with Gasteiger partial charge in [-0.25, -0.2) is 9.78 Å². The van der Waals surface area contributed by atoms with E-state index in [1.807, 2.05) is 6.92 Å². The van der Waals surface area contributed by atoms with E-state index in [4.69, 9.17) is 9.72 Å². The van der Waals surface area contributed by atoms with Crippen LogP contribution in [0.25, 0.3) is 10.6 Å². The van der Waals surface area contributed by atoms with Crippen LogP contribution in [0.3, 0.4) is 0 Å². The van der Waals surface area contributed by atoms with Crippen LogP contribution < -0.4 is 9.64 Å². The van der Waals surface area contributed by atoms with Crippen LogP contribution in [-0.4, -0.2) is 58.5 Å². The lowest BCUT2D eigenvalue weighted by Crippen LogP contribution is -2.46. The standard InChI is InChI=1S/C38H45N3O4S/c1-25(2)28-11-14-31(15-12-28)41-21-19-40(20-22-41)24-32-35(46-36(39-32)29-9-7-26(3)8-10-29)18-16-33(42)30-13-17-34(27(4)23-30)45-38(5,6)37(43)44/h7-15,17,23,25H,16,18-22,24H2,1-6H3,(H,43,44). The maximum atomic E-state index is 13.4. The summed E-state index contributed by atoms with van der Waals surface area (Å²) in [4.78, 5) is 36.1. The number of hydrogen-bond acceptors (Lipinski definition) is 7. The fourth-order valence-electron chi connectivity index (χ4n) is 5.60. The number of carboxylic acids is 1. The SMILES string of the molecule is Cc1ccc(-c2nc(CN3CCN(c4ccc(C(C)C)cc4)CC3)c(CCC(=O)c3ccc(OC(C)(C)C(=O)O)c(C)c3)s2)cc1. The summed E-state index contributed by atoms with van der Waals surface area (Å²) in [6.07, 6.45) is 0.978. The molecule has 1 aliphatic heterocycles. The molecule has 5 rings (SSSR count). The van der Waals surface area contributed by atoms with Crippen molar-refractivity contribution >= 4 is 28.8 Å². The van der Waals surface area contributed by atoms with Crippen LogP contribution in [0, 0.1) is 13.8 Å². The quantitative estimate of drug-likeness (QED) is 0.158. The highest BCUT2D eigenvalue weighted by Crippen LogP contribution is 2.32. The Morgan fingerprint density at radius 3 is 2.24 bits per heavy atom. The molecule has 0 unspecified atom stereocenters. The molecule has 0 aliphatic carbocycles. The molecule has 242 valence electrons. The van der Waals surface area contributed by atoms with Gasteiger partial charge in [-0.2, -0.15) is 0 Å². The van der Waals surface area contributed by atoms with E-state index in [2.05, 4.69) is 79.1 Å². The summed E-state index contributed by atoms with van der Waals surface area (Å²) < 4.78 is 5.72. The predicted molar refractivity (Wildman–Crippen MR) is 186 cm³/mol. The molecule has 0 bridgehead atoms. The van der Waals surface area contributed by atoms with E-state index in [0.717, 1.165) is 59.4 Å². The van der Waals surface area contributed by atoms with E-state index in [-0.39, 0.29) is 5.78 Å². The zero-order valence-electron chi connectivity index (χ0n) is 27.8. The predicted octanol–water partition coefficient (Wildman–Crippen LogP) is 7.93. The number of Topliss-reactive ketones (excluding diaryl/α,β-unsaturated/α-hetero) is 1. The Bertz CT molecular complexity index is 1670. The molecule has 0 radical (unpaired) electrons. The molecule has 1 aromatic heterocycles. The highest BCUT2D eigenvalue weighted by molar-refractivity contribution is 7.15. The van der Waals surface area contributed by atoms with Gasteiger partial charge in [0.2, 0.25) is 0 Å². The summed E-state index contributed by atoms with van der Waals surface area (Å²) >= 11 is 1.68. The first kappa shape index (κ1) is 33.4. The van der Waals surface area contributed by atoms with Crippen molar-refractivity contribution in [2.24, 2.45) is 0 Å². The third kappa shape index (κ3) is 8.03. The van der Waals surface area contributed by atoms with E-state index >= 15 is 0 Å². The molecule has 0 spiro atoms. The Kier molecular flexibility index (Phi) is 10.3. The van der Waals surface area contributed by atoms with Crippen molar-refractivity contribution in [2.75, 3.05) is 31.1 Å². The lowest BCUT2D eigenvalue weighted by Gasteiger charge is -2.36. The van der Waals surface area contributed by atoms with Gasteiger partial charge >= 0.3 is 5.97 Å². The number of hydrogen-bond donors (Lipinski definition) is 1. The molecule has 0 amide bonds. The van der Waals surface area contributed by atoms with Crippen LogP contribution >= 0.6 is 11.3 Å². The Labute approximate surface area is 276 Å². The minimum Gasteiger partial charge on any atom is -0.478 e. The van der Waals surface area contributed by atoms with Crippen LogP contribution in [-0.2, 0) is 17.8 Å². The molecule has 2 heterocycles. The number of carbonyl (C=O) groups is 2. The van der Waals surface area contributed by atoms with Crippen molar-refractivity contribution in [3.63, 3.8) is 0 Å². The van der Waals surface area contributed by atoms with Gasteiger partial charge in [-0.1, -0.05) is 55.8 Å². The number of aliphatic carboxylic acids is 1. The lowest BCUT2D eigenvalue weighted by atomic mass is 10.0. The number of aromatic nitrogens is 1. The van der Waals surface area contributed by atoms with Gasteiger partial charge in [-0.15, -0.1) is 11.3 Å². The third-order valence-electron chi connectivity index (χ3n) is 8.70. The van der Waals surface area contributed by atoms with Crippen LogP contribution in [0.15, 0.2) is 66.7 Å². The number of nitrogens with zero attached hydrogens (tertiary/aromatic N) is 3. The number of thiazole rings is 1. The normalized spacial score (nSPS) is 14.1. The van der Waals surface area contributed by atoms with Gasteiger partial charge in [0.15, 0.2) is 11.4 Å². The molecule has 4 aromatic rings. The number of anilines is 1. The number of carbonyl (C=O) groups excluding carboxylic acids is 1. The molecule has 1 fully saturated rings. The summed E-state index contributed by atoms with van der Waals surface area (Å²) in [6.45, 7) is 16.0. The number of ketones is 1. The summed E-state index contributed by atoms with van der Waals surface area (Å²) in [5.74, 6) is -0.0130. The number of aryl methyl sites for hydroxylation is 3. The van der Waals surface area contributed by atoms with Gasteiger partial charge < -0.3 is 14.7 Å². The van der Waals surface area contributed by atoms with E-state index in [1.165, 1.54) is 30.7 Å². The number of ether oxygens (including phenoxy) is 1. The zero-order chi connectivity index (χ0) is 33.0. The molecule has 1 aliphatic rings. The van der Waals surface area contributed by atoms with Crippen molar-refractivity contribution in [1.82, 2.24) is 9.88 Å². The van der Waals surface area contributed by atoms with Crippen LogP contribution in [0.1, 0.15) is 77.7 Å². The summed E-state index contributed by atoms with van der Waals surface area (Å²) in [6, 6.07) is 22.6. The average Bonchev–Trinajstić information content (AvgIpc) is 3.43. The number of benzene rings is 3. The molecule has 3 aromatic carbocycles. The molecular formula is C38H45N3O4S. The maximum Gasteiger partial charge on any atom is 0.347 e. The van der Waals surface area contributed by atoms with Crippen molar-refractivity contribution in [1.29, 1.82) is 0 Å². The second-order valence-electron chi connectivity index (χ2n) is 13.1. The molecule has 8 heteroatoms. The topological polar surface area (TPSA) is 83.0 Å². The van der Waals surface area contributed by atoms with E-state index < -0.39 is 11.6 Å². The third-order valence-corrected chi connectivity index (χ3v) is 9.91. The Morgan fingerprint density at radius 2 is 1.63 bits per heavy atom. The van der Waals surface area contributed by atoms with Crippen molar-refractivity contribution in [3.8, 4) is 16.3 Å². The Morgan fingerprint density at radius 1 is 0.957 bits per heavy atom. The average molecular weight is 640 g/mol. The smallest absolute Gasteiger partial charge is 0.347 e. The van der Waals surface area contributed by atoms with Crippen LogP contribution in [0.4, 0.5) is 5.69 Å². The van der Waals surface area contributed by atoms with Gasteiger partial charge in [-0.05, 0) is 81.5 Å². The minimum absolute atomic E-state index is 0.0421. The van der Waals surface area contributed by atoms with E-state index in [1.54, 1.807) is 29.5 Å². The number of rotatable bonds is 12. The van der Waals surface area contributed by atoms with Gasteiger partial charge in [0.25, 0.3) is 0 Å². The minimum atomic E-state index is -1.36. The zero-order valence-corrected chi connectivity index (χ0v) is 28.6. The van der Waals surface area contributed by atoms with Crippen molar-refractivity contribution in [3.05, 3.63) is 99.6 Å². The van der Waals surface area contributed by atoms with Crippen LogP contribution in [0.2, 0.25) is 0 Å². The Hall–Kier alpha value is -4.01. The van der Waals surface area contributed by atoms with Gasteiger partial charge in [0.05, 0.1) is 5.69 Å². The molecule has 1 saturated heterocycles. The first-order chi connectivity index (χ1) is 21.9. The molecular weight excluding hydrogens is 595 g/mol. The van der Waals surface area contributed by atoms with Gasteiger partial charge in [0.1, 0.15) is 10.8 Å². The Balaban J connectivity index is 1.27. The largest absolute Gasteiger partial charge is 0.478 e.